The number of thiophene rings is 1. The lowest BCUT2D eigenvalue weighted by Crippen LogP contribution is -2.24. The van der Waals surface area contributed by atoms with Crippen LogP contribution in [0.5, 0.6) is 0 Å². The summed E-state index contributed by atoms with van der Waals surface area (Å²) in [5.74, 6) is 1.18. The van der Waals surface area contributed by atoms with Crippen molar-refractivity contribution in [1.82, 2.24) is 20.1 Å². The van der Waals surface area contributed by atoms with E-state index in [1.54, 1.807) is 11.3 Å². The summed E-state index contributed by atoms with van der Waals surface area (Å²) in [5.41, 5.74) is 2.24. The molecule has 0 unspecified atom stereocenters. The van der Waals surface area contributed by atoms with Crippen molar-refractivity contribution in [3.63, 3.8) is 0 Å². The van der Waals surface area contributed by atoms with E-state index in [2.05, 4.69) is 56.2 Å². The van der Waals surface area contributed by atoms with Gasteiger partial charge in [-0.15, -0.1) is 21.5 Å². The first-order valence-electron chi connectivity index (χ1n) is 9.40. The Kier molecular flexibility index (Phi) is 5.97. The molecule has 0 saturated carbocycles. The minimum atomic E-state index is -0.000390. The molecule has 1 aliphatic rings. The molecule has 0 bridgehead atoms. The van der Waals surface area contributed by atoms with E-state index in [1.165, 1.54) is 30.2 Å². The number of hydrogen-bond donors (Lipinski definition) is 1. The lowest BCUT2D eigenvalue weighted by atomic mass is 10.2. The molecule has 4 rings (SSSR count). The van der Waals surface area contributed by atoms with Gasteiger partial charge in [0.15, 0.2) is 5.16 Å². The quantitative estimate of drug-likeness (QED) is 0.599. The molecule has 1 fully saturated rings. The van der Waals surface area contributed by atoms with Gasteiger partial charge in [0.05, 0.1) is 18.0 Å². The number of anilines is 1. The fourth-order valence-corrected chi connectivity index (χ4v) is 4.60. The van der Waals surface area contributed by atoms with Crippen molar-refractivity contribution in [3.8, 4) is 5.69 Å². The number of rotatable bonds is 7. The molecule has 1 aromatic carbocycles. The van der Waals surface area contributed by atoms with Gasteiger partial charge < -0.3 is 10.2 Å². The minimum absolute atomic E-state index is 0.000390. The fraction of sp³-hybridized carbons (Fsp3) is 0.350. The van der Waals surface area contributed by atoms with E-state index in [0.717, 1.165) is 34.8 Å². The molecule has 0 aliphatic carbocycles. The summed E-state index contributed by atoms with van der Waals surface area (Å²) < 4.78 is 2.07. The number of nitrogens with one attached hydrogen (secondary N) is 1. The van der Waals surface area contributed by atoms with Gasteiger partial charge in [0.2, 0.25) is 11.9 Å². The Labute approximate surface area is 173 Å². The molecule has 1 N–H and O–H groups in total. The summed E-state index contributed by atoms with van der Waals surface area (Å²) in [6, 6.07) is 12.4. The van der Waals surface area contributed by atoms with E-state index in [0.29, 0.717) is 12.3 Å². The summed E-state index contributed by atoms with van der Waals surface area (Å²) >= 11 is 3.07. The molecule has 1 aliphatic heterocycles. The van der Waals surface area contributed by atoms with Crippen LogP contribution < -0.4 is 10.2 Å². The number of carbonyl (C=O) groups excluding carboxylic acids is 1. The molecule has 0 atom stereocenters. The van der Waals surface area contributed by atoms with E-state index in [-0.39, 0.29) is 5.91 Å². The van der Waals surface area contributed by atoms with Gasteiger partial charge in [-0.05, 0) is 43.3 Å². The predicted molar refractivity (Wildman–Crippen MR) is 114 cm³/mol. The van der Waals surface area contributed by atoms with Crippen molar-refractivity contribution in [2.24, 2.45) is 0 Å². The van der Waals surface area contributed by atoms with Gasteiger partial charge in [0.25, 0.3) is 0 Å². The van der Waals surface area contributed by atoms with Gasteiger partial charge in [-0.1, -0.05) is 35.5 Å². The summed E-state index contributed by atoms with van der Waals surface area (Å²) in [7, 11) is 0. The zero-order valence-corrected chi connectivity index (χ0v) is 17.4. The Morgan fingerprint density at radius 3 is 2.68 bits per heavy atom. The van der Waals surface area contributed by atoms with Crippen LogP contribution in [0.4, 0.5) is 5.95 Å². The van der Waals surface area contributed by atoms with Crippen LogP contribution in [-0.2, 0) is 11.3 Å². The zero-order chi connectivity index (χ0) is 19.3. The highest BCUT2D eigenvalue weighted by Gasteiger charge is 2.22. The van der Waals surface area contributed by atoms with Crippen LogP contribution in [-0.4, -0.2) is 39.5 Å². The van der Waals surface area contributed by atoms with Gasteiger partial charge in [-0.2, -0.15) is 0 Å². The third-order valence-electron chi connectivity index (χ3n) is 4.67. The number of thioether (sulfide) groups is 1. The zero-order valence-electron chi connectivity index (χ0n) is 15.8. The number of aromatic nitrogens is 3. The third-order valence-corrected chi connectivity index (χ3v) is 6.47. The van der Waals surface area contributed by atoms with Gasteiger partial charge in [0, 0.05) is 18.0 Å². The maximum Gasteiger partial charge on any atom is 0.232 e. The van der Waals surface area contributed by atoms with Gasteiger partial charge >= 0.3 is 0 Å². The average Bonchev–Trinajstić information content (AvgIpc) is 3.46. The number of nitrogens with zero attached hydrogens (tertiary/aromatic N) is 4. The van der Waals surface area contributed by atoms with Crippen molar-refractivity contribution in [2.45, 2.75) is 31.5 Å². The largest absolute Gasteiger partial charge is 0.350 e. The summed E-state index contributed by atoms with van der Waals surface area (Å²) in [6.45, 7) is 4.64. The molecule has 2 aromatic heterocycles. The number of amides is 1. The van der Waals surface area contributed by atoms with Crippen LogP contribution in [0.1, 0.15) is 23.3 Å². The summed E-state index contributed by atoms with van der Waals surface area (Å²) in [6.07, 6.45) is 2.35. The minimum Gasteiger partial charge on any atom is -0.350 e. The van der Waals surface area contributed by atoms with E-state index < -0.39 is 0 Å². The van der Waals surface area contributed by atoms with Crippen LogP contribution in [0, 0.1) is 6.92 Å². The molecule has 0 radical (unpaired) electrons. The molecule has 146 valence electrons. The molecule has 1 amide bonds. The fourth-order valence-electron chi connectivity index (χ4n) is 3.18. The second kappa shape index (κ2) is 8.79. The molecule has 3 heterocycles. The Bertz CT molecular complexity index is 915. The van der Waals surface area contributed by atoms with E-state index in [1.807, 2.05) is 17.5 Å². The molecule has 3 aromatic rings. The Morgan fingerprint density at radius 2 is 1.96 bits per heavy atom. The maximum absolute atomic E-state index is 12.3. The first-order valence-corrected chi connectivity index (χ1v) is 11.3. The Balaban J connectivity index is 1.49. The molecular weight excluding hydrogens is 390 g/mol. The predicted octanol–water partition coefficient (Wildman–Crippen LogP) is 3.65. The monoisotopic (exact) mass is 413 g/mol. The van der Waals surface area contributed by atoms with Crippen LogP contribution >= 0.6 is 23.1 Å². The number of hydrogen-bond acceptors (Lipinski definition) is 6. The highest BCUT2D eigenvalue weighted by atomic mass is 32.2. The van der Waals surface area contributed by atoms with Crippen molar-refractivity contribution in [3.05, 3.63) is 52.2 Å². The van der Waals surface area contributed by atoms with Crippen LogP contribution in [0.25, 0.3) is 5.69 Å². The van der Waals surface area contributed by atoms with Gasteiger partial charge in [-0.3, -0.25) is 9.36 Å². The van der Waals surface area contributed by atoms with E-state index in [4.69, 9.17) is 0 Å². The molecular formula is C20H23N5OS2. The average molecular weight is 414 g/mol. The molecule has 0 spiro atoms. The Hall–Kier alpha value is -2.32. The van der Waals surface area contributed by atoms with Crippen molar-refractivity contribution in [2.75, 3.05) is 23.7 Å². The highest BCUT2D eigenvalue weighted by Crippen LogP contribution is 2.28. The van der Waals surface area contributed by atoms with Crippen molar-refractivity contribution in [1.29, 1.82) is 0 Å². The maximum atomic E-state index is 12.3. The van der Waals surface area contributed by atoms with Crippen LogP contribution in [0.3, 0.4) is 0 Å². The molecule has 6 nitrogen and oxygen atoms in total. The molecule has 1 saturated heterocycles. The smallest absolute Gasteiger partial charge is 0.232 e. The van der Waals surface area contributed by atoms with E-state index >= 15 is 0 Å². The second-order valence-corrected chi connectivity index (χ2v) is 8.77. The number of benzene rings is 1. The topological polar surface area (TPSA) is 63.1 Å². The molecule has 28 heavy (non-hydrogen) atoms. The number of carbonyl (C=O) groups is 1. The lowest BCUT2D eigenvalue weighted by molar-refractivity contribution is -0.118. The first kappa shape index (κ1) is 19.0. The SMILES string of the molecule is Cc1ccc(-n2c(SCC(=O)NCc3cccs3)nnc2N2CCCC2)cc1. The van der Waals surface area contributed by atoms with Gasteiger partial charge in [-0.25, -0.2) is 0 Å². The highest BCUT2D eigenvalue weighted by molar-refractivity contribution is 7.99. The standard InChI is InChI=1S/C20H23N5OS2/c1-15-6-8-16(9-7-15)25-19(24-10-2-3-11-24)22-23-20(25)28-14-18(26)21-13-17-5-4-12-27-17/h4-9,12H,2-3,10-11,13-14H2,1H3,(H,21,26). The summed E-state index contributed by atoms with van der Waals surface area (Å²) in [5, 5.41) is 14.6. The third kappa shape index (κ3) is 4.39. The van der Waals surface area contributed by atoms with Crippen molar-refractivity contribution < 1.29 is 4.79 Å². The van der Waals surface area contributed by atoms with Gasteiger partial charge in [0.1, 0.15) is 0 Å². The first-order chi connectivity index (χ1) is 13.7. The number of aryl methyl sites for hydroxylation is 1. The lowest BCUT2D eigenvalue weighted by Gasteiger charge is -2.18. The summed E-state index contributed by atoms with van der Waals surface area (Å²) in [4.78, 5) is 15.7. The second-order valence-electron chi connectivity index (χ2n) is 6.79. The van der Waals surface area contributed by atoms with Crippen LogP contribution in [0.2, 0.25) is 0 Å². The normalized spacial score (nSPS) is 13.8. The Morgan fingerprint density at radius 1 is 1.18 bits per heavy atom. The van der Waals surface area contributed by atoms with E-state index in [9.17, 15) is 4.79 Å². The molecule has 8 heteroatoms. The van der Waals surface area contributed by atoms with Crippen molar-refractivity contribution >= 4 is 35.0 Å². The van der Waals surface area contributed by atoms with Crippen LogP contribution in [0.15, 0.2) is 46.9 Å².